The Bertz CT molecular complexity index is 683. The number of H-pyrrole nitrogens is 1. The molecule has 0 saturated carbocycles. The van der Waals surface area contributed by atoms with Crippen LogP contribution in [0.2, 0.25) is 10.2 Å². The number of nitrogens with zero attached hydrogens (tertiary/aromatic N) is 1. The molecule has 1 saturated heterocycles. The Morgan fingerprint density at radius 2 is 2.00 bits per heavy atom. The van der Waals surface area contributed by atoms with E-state index in [1.165, 1.54) is 23.1 Å². The van der Waals surface area contributed by atoms with E-state index < -0.39 is 6.10 Å². The third-order valence-corrected chi connectivity index (χ3v) is 4.44. The number of carbonyl (C=O) groups is 1. The van der Waals surface area contributed by atoms with Crippen LogP contribution in [0.5, 0.6) is 0 Å². The molecule has 4 nitrogen and oxygen atoms in total. The monoisotopic (exact) mass is 342 g/mol. The third kappa shape index (κ3) is 2.84. The number of hydrogen-bond acceptors (Lipinski definition) is 2. The van der Waals surface area contributed by atoms with Gasteiger partial charge in [0, 0.05) is 6.54 Å². The minimum atomic E-state index is -0.625. The fourth-order valence-electron chi connectivity index (χ4n) is 2.71. The van der Waals surface area contributed by atoms with Crippen LogP contribution in [-0.2, 0) is 0 Å². The number of amides is 1. The number of nitrogens with one attached hydrogen (secondary N) is 1. The molecule has 1 aromatic heterocycles. The molecule has 0 radical (unpaired) electrons. The highest BCUT2D eigenvalue weighted by Gasteiger charge is 2.36. The number of carbonyl (C=O) groups excluding carboxylic acids is 1. The lowest BCUT2D eigenvalue weighted by Gasteiger charge is -2.24. The zero-order chi connectivity index (χ0) is 15.9. The second-order valence-electron chi connectivity index (χ2n) is 5.26. The topological polar surface area (TPSA) is 56.3 Å². The van der Waals surface area contributed by atoms with Gasteiger partial charge >= 0.3 is 0 Å². The summed E-state index contributed by atoms with van der Waals surface area (Å²) in [7, 11) is 0. The van der Waals surface area contributed by atoms with Gasteiger partial charge < -0.3 is 15.0 Å². The molecule has 2 heterocycles. The predicted molar refractivity (Wildman–Crippen MR) is 81.6 cm³/mol. The van der Waals surface area contributed by atoms with Gasteiger partial charge in [0.2, 0.25) is 0 Å². The summed E-state index contributed by atoms with van der Waals surface area (Å²) in [6.45, 7) is 0.204. The summed E-state index contributed by atoms with van der Waals surface area (Å²) in [6.07, 6.45) is -0.223. The number of aliphatic hydroxyl groups excluding tert-OH is 1. The molecular weight excluding hydrogens is 330 g/mol. The molecule has 0 spiro atoms. The molecule has 22 heavy (non-hydrogen) atoms. The van der Waals surface area contributed by atoms with Crippen molar-refractivity contribution < 1.29 is 14.3 Å². The van der Waals surface area contributed by atoms with Crippen LogP contribution in [0, 0.1) is 5.82 Å². The summed E-state index contributed by atoms with van der Waals surface area (Å²) < 4.78 is 13.1. The van der Waals surface area contributed by atoms with Crippen molar-refractivity contribution in [3.05, 3.63) is 57.6 Å². The van der Waals surface area contributed by atoms with E-state index in [1.54, 1.807) is 12.1 Å². The molecule has 0 aliphatic carbocycles. The fourth-order valence-corrected chi connectivity index (χ4v) is 3.03. The number of likely N-dealkylation sites (tertiary alicyclic amines) is 1. The Morgan fingerprint density at radius 1 is 1.32 bits per heavy atom. The lowest BCUT2D eigenvalue weighted by molar-refractivity contribution is 0.0710. The number of rotatable bonds is 2. The van der Waals surface area contributed by atoms with Gasteiger partial charge in [-0.15, -0.1) is 0 Å². The van der Waals surface area contributed by atoms with E-state index in [0.717, 1.165) is 5.56 Å². The maximum absolute atomic E-state index is 13.1. The largest absolute Gasteiger partial charge is 0.391 e. The normalized spacial score (nSPS) is 21.4. The first-order valence-electron chi connectivity index (χ1n) is 6.74. The third-order valence-electron chi connectivity index (χ3n) is 3.75. The maximum atomic E-state index is 13.1. The minimum absolute atomic E-state index is 0.197. The van der Waals surface area contributed by atoms with Gasteiger partial charge in [-0.1, -0.05) is 35.3 Å². The van der Waals surface area contributed by atoms with Gasteiger partial charge in [0.15, 0.2) is 0 Å². The molecule has 0 unspecified atom stereocenters. The molecule has 7 heteroatoms. The van der Waals surface area contributed by atoms with Crippen molar-refractivity contribution in [2.75, 3.05) is 6.54 Å². The summed E-state index contributed by atoms with van der Waals surface area (Å²) in [5.74, 6) is -0.650. The Balaban J connectivity index is 1.90. The first kappa shape index (κ1) is 15.3. The van der Waals surface area contributed by atoms with Crippen LogP contribution in [0.3, 0.4) is 0 Å². The van der Waals surface area contributed by atoms with E-state index in [0.29, 0.717) is 6.42 Å². The molecule has 3 rings (SSSR count). The molecule has 1 fully saturated rings. The number of hydrogen-bond donors (Lipinski definition) is 2. The molecule has 1 aliphatic heterocycles. The molecule has 1 aliphatic rings. The Kier molecular flexibility index (Phi) is 4.12. The van der Waals surface area contributed by atoms with Crippen molar-refractivity contribution in [1.82, 2.24) is 9.88 Å². The fraction of sp³-hybridized carbons (Fsp3) is 0.267. The average molecular weight is 343 g/mol. The highest BCUT2D eigenvalue weighted by molar-refractivity contribution is 6.41. The second-order valence-corrected chi connectivity index (χ2v) is 6.04. The summed E-state index contributed by atoms with van der Waals surface area (Å²) in [5.41, 5.74) is 1.03. The summed E-state index contributed by atoms with van der Waals surface area (Å²) in [4.78, 5) is 16.9. The standard InChI is InChI=1S/C15H13Cl2FN2O2/c16-11-6-12(19-14(11)17)15(22)20-7-10(21)5-13(20)8-1-3-9(18)4-2-8/h1-4,6,10,13,19,21H,5,7H2/t10-,13+/m0/s1. The van der Waals surface area contributed by atoms with Crippen molar-refractivity contribution in [2.45, 2.75) is 18.6 Å². The van der Waals surface area contributed by atoms with Crippen LogP contribution in [0.1, 0.15) is 28.5 Å². The van der Waals surface area contributed by atoms with Gasteiger partial charge in [0.25, 0.3) is 5.91 Å². The van der Waals surface area contributed by atoms with Crippen LogP contribution in [0.15, 0.2) is 30.3 Å². The maximum Gasteiger partial charge on any atom is 0.270 e. The second kappa shape index (κ2) is 5.91. The van der Waals surface area contributed by atoms with E-state index in [1.807, 2.05) is 0 Å². The molecule has 2 aromatic rings. The average Bonchev–Trinajstić information content (AvgIpc) is 3.03. The predicted octanol–water partition coefficient (Wildman–Crippen LogP) is 3.41. The molecule has 2 N–H and O–H groups in total. The van der Waals surface area contributed by atoms with E-state index in [9.17, 15) is 14.3 Å². The van der Waals surface area contributed by atoms with Crippen LogP contribution in [0.25, 0.3) is 0 Å². The quantitative estimate of drug-likeness (QED) is 0.878. The number of aromatic nitrogens is 1. The molecule has 1 amide bonds. The van der Waals surface area contributed by atoms with E-state index in [4.69, 9.17) is 23.2 Å². The van der Waals surface area contributed by atoms with Crippen LogP contribution < -0.4 is 0 Å². The van der Waals surface area contributed by atoms with E-state index in [2.05, 4.69) is 4.98 Å². The Hall–Kier alpha value is -1.56. The van der Waals surface area contributed by atoms with Gasteiger partial charge in [-0.2, -0.15) is 0 Å². The molecule has 0 bridgehead atoms. The Morgan fingerprint density at radius 3 is 2.59 bits per heavy atom. The lowest BCUT2D eigenvalue weighted by atomic mass is 10.0. The first-order valence-corrected chi connectivity index (χ1v) is 7.50. The van der Waals surface area contributed by atoms with E-state index >= 15 is 0 Å². The van der Waals surface area contributed by atoms with Crippen molar-refractivity contribution in [3.8, 4) is 0 Å². The smallest absolute Gasteiger partial charge is 0.270 e. The summed E-state index contributed by atoms with van der Waals surface area (Å²) in [5, 5.41) is 10.4. The Labute approximate surface area is 136 Å². The van der Waals surface area contributed by atoms with Crippen LogP contribution in [0.4, 0.5) is 4.39 Å². The number of β-amino-alcohol motifs (C(OH)–C–C–N with tert-alkyl or cyclic N) is 1. The zero-order valence-electron chi connectivity index (χ0n) is 11.4. The molecule has 1 aromatic carbocycles. The van der Waals surface area contributed by atoms with Gasteiger partial charge in [-0.05, 0) is 30.2 Å². The van der Waals surface area contributed by atoms with Crippen molar-refractivity contribution >= 4 is 29.1 Å². The van der Waals surface area contributed by atoms with Crippen molar-refractivity contribution in [1.29, 1.82) is 0 Å². The SMILES string of the molecule is O=C(c1cc(Cl)c(Cl)[nH]1)N1C[C@@H](O)C[C@@H]1c1ccc(F)cc1. The number of aliphatic hydroxyl groups is 1. The van der Waals surface area contributed by atoms with Gasteiger partial charge in [-0.3, -0.25) is 4.79 Å². The highest BCUT2D eigenvalue weighted by atomic mass is 35.5. The van der Waals surface area contributed by atoms with Gasteiger partial charge in [0.1, 0.15) is 16.7 Å². The highest BCUT2D eigenvalue weighted by Crippen LogP contribution is 2.34. The lowest BCUT2D eigenvalue weighted by Crippen LogP contribution is -2.32. The summed E-state index contributed by atoms with van der Waals surface area (Å²) >= 11 is 11.7. The number of benzene rings is 1. The molecular formula is C15H13Cl2FN2O2. The zero-order valence-corrected chi connectivity index (χ0v) is 12.9. The first-order chi connectivity index (χ1) is 10.5. The molecule has 2 atom stereocenters. The summed E-state index contributed by atoms with van der Waals surface area (Å²) in [6, 6.07) is 7.05. The van der Waals surface area contributed by atoms with Crippen LogP contribution >= 0.6 is 23.2 Å². The number of aromatic amines is 1. The molecule has 116 valence electrons. The van der Waals surface area contributed by atoms with Gasteiger partial charge in [0.05, 0.1) is 17.2 Å². The minimum Gasteiger partial charge on any atom is -0.391 e. The van der Waals surface area contributed by atoms with Crippen LogP contribution in [-0.4, -0.2) is 33.5 Å². The van der Waals surface area contributed by atoms with E-state index in [-0.39, 0.29) is 40.2 Å². The number of halogens is 3. The van der Waals surface area contributed by atoms with Crippen molar-refractivity contribution in [2.24, 2.45) is 0 Å². The van der Waals surface area contributed by atoms with Crippen molar-refractivity contribution in [3.63, 3.8) is 0 Å². The van der Waals surface area contributed by atoms with Gasteiger partial charge in [-0.25, -0.2) is 4.39 Å².